The second kappa shape index (κ2) is 6.32. The molecule has 0 radical (unpaired) electrons. The van der Waals surface area contributed by atoms with Gasteiger partial charge in [-0.3, -0.25) is 9.48 Å². The van der Waals surface area contributed by atoms with Gasteiger partial charge in [0, 0.05) is 18.7 Å². The third-order valence-electron chi connectivity index (χ3n) is 3.65. The zero-order chi connectivity index (χ0) is 16.4. The van der Waals surface area contributed by atoms with Crippen LogP contribution in [0.2, 0.25) is 0 Å². The van der Waals surface area contributed by atoms with Gasteiger partial charge in [-0.25, -0.2) is 0 Å². The van der Waals surface area contributed by atoms with Gasteiger partial charge in [-0.15, -0.1) is 0 Å². The number of hydrogen-bond donors (Lipinski definition) is 1. The van der Waals surface area contributed by atoms with Crippen molar-refractivity contribution in [1.82, 2.24) is 15.1 Å². The summed E-state index contributed by atoms with van der Waals surface area (Å²) in [6.45, 7) is 7.62. The van der Waals surface area contributed by atoms with Crippen molar-refractivity contribution in [3.8, 4) is 22.8 Å². The topological polar surface area (TPSA) is 65.4 Å². The molecule has 0 saturated heterocycles. The van der Waals surface area contributed by atoms with Crippen LogP contribution in [0.15, 0.2) is 24.3 Å². The first kappa shape index (κ1) is 15.4. The van der Waals surface area contributed by atoms with E-state index >= 15 is 0 Å². The molecule has 0 spiro atoms. The summed E-state index contributed by atoms with van der Waals surface area (Å²) in [5.74, 6) is 1.75. The van der Waals surface area contributed by atoms with Crippen molar-refractivity contribution in [3.05, 3.63) is 30.0 Å². The molecule has 2 aromatic rings. The van der Waals surface area contributed by atoms with Gasteiger partial charge >= 0.3 is 0 Å². The maximum Gasteiger partial charge on any atom is 0.269 e. The number of amides is 1. The predicted octanol–water partition coefficient (Wildman–Crippen LogP) is 2.68. The summed E-state index contributed by atoms with van der Waals surface area (Å²) in [7, 11) is 0. The number of nitrogens with zero attached hydrogens (tertiary/aromatic N) is 2. The number of benzene rings is 1. The highest BCUT2D eigenvalue weighted by atomic mass is 16.7. The Morgan fingerprint density at radius 1 is 1.30 bits per heavy atom. The number of aryl methyl sites for hydroxylation is 1. The minimum atomic E-state index is -0.0972. The lowest BCUT2D eigenvalue weighted by Crippen LogP contribution is -2.29. The van der Waals surface area contributed by atoms with Gasteiger partial charge in [-0.05, 0) is 37.1 Å². The summed E-state index contributed by atoms with van der Waals surface area (Å²) in [5, 5.41) is 7.47. The molecule has 1 aromatic heterocycles. The summed E-state index contributed by atoms with van der Waals surface area (Å²) < 4.78 is 12.4. The lowest BCUT2D eigenvalue weighted by Gasteiger charge is -2.08. The molecule has 6 nitrogen and oxygen atoms in total. The van der Waals surface area contributed by atoms with E-state index < -0.39 is 0 Å². The molecule has 0 saturated carbocycles. The Bertz CT molecular complexity index is 722. The van der Waals surface area contributed by atoms with E-state index in [1.807, 2.05) is 31.2 Å². The van der Waals surface area contributed by atoms with Crippen LogP contribution in [0.4, 0.5) is 0 Å². The van der Waals surface area contributed by atoms with Crippen molar-refractivity contribution < 1.29 is 14.3 Å². The van der Waals surface area contributed by atoms with Crippen LogP contribution in [0.1, 0.15) is 31.3 Å². The van der Waals surface area contributed by atoms with Crippen LogP contribution in [0, 0.1) is 5.92 Å². The molecule has 1 amide bonds. The molecule has 0 unspecified atom stereocenters. The average molecular weight is 315 g/mol. The number of carbonyl (C=O) groups is 1. The van der Waals surface area contributed by atoms with Crippen molar-refractivity contribution >= 4 is 5.91 Å². The van der Waals surface area contributed by atoms with Crippen LogP contribution >= 0.6 is 0 Å². The fourth-order valence-electron chi connectivity index (χ4n) is 2.42. The lowest BCUT2D eigenvalue weighted by atomic mass is 10.1. The van der Waals surface area contributed by atoms with Gasteiger partial charge < -0.3 is 14.8 Å². The molecule has 23 heavy (non-hydrogen) atoms. The lowest BCUT2D eigenvalue weighted by molar-refractivity contribution is 0.0938. The molecule has 2 heterocycles. The molecular formula is C17H21N3O3. The summed E-state index contributed by atoms with van der Waals surface area (Å²) in [6, 6.07) is 7.49. The third-order valence-corrected chi connectivity index (χ3v) is 3.65. The van der Waals surface area contributed by atoms with E-state index in [0.29, 0.717) is 30.5 Å². The van der Waals surface area contributed by atoms with Gasteiger partial charge in [0.15, 0.2) is 11.5 Å². The summed E-state index contributed by atoms with van der Waals surface area (Å²) in [6.07, 6.45) is 0. The molecule has 0 bridgehead atoms. The maximum atomic E-state index is 12.3. The Kier molecular flexibility index (Phi) is 4.23. The second-order valence-electron chi connectivity index (χ2n) is 5.90. The highest BCUT2D eigenvalue weighted by Gasteiger charge is 2.18. The van der Waals surface area contributed by atoms with E-state index in [1.165, 1.54) is 0 Å². The van der Waals surface area contributed by atoms with Crippen molar-refractivity contribution in [2.75, 3.05) is 13.3 Å². The molecule has 1 aromatic carbocycles. The van der Waals surface area contributed by atoms with Gasteiger partial charge in [0.2, 0.25) is 6.79 Å². The van der Waals surface area contributed by atoms with Crippen LogP contribution in [0.5, 0.6) is 11.5 Å². The van der Waals surface area contributed by atoms with E-state index in [-0.39, 0.29) is 12.7 Å². The average Bonchev–Trinajstić information content (AvgIpc) is 3.17. The van der Waals surface area contributed by atoms with Crippen LogP contribution in [-0.2, 0) is 6.54 Å². The van der Waals surface area contributed by atoms with Gasteiger partial charge in [-0.1, -0.05) is 13.8 Å². The smallest absolute Gasteiger partial charge is 0.269 e. The van der Waals surface area contributed by atoms with E-state index in [1.54, 1.807) is 4.68 Å². The zero-order valence-electron chi connectivity index (χ0n) is 13.6. The predicted molar refractivity (Wildman–Crippen MR) is 86.6 cm³/mol. The number of rotatable bonds is 5. The van der Waals surface area contributed by atoms with Crippen molar-refractivity contribution in [2.45, 2.75) is 27.3 Å². The van der Waals surface area contributed by atoms with E-state index in [0.717, 1.165) is 17.0 Å². The number of fused-ring (bicyclic) bond motifs is 1. The molecule has 0 fully saturated rings. The summed E-state index contributed by atoms with van der Waals surface area (Å²) >= 11 is 0. The maximum absolute atomic E-state index is 12.3. The molecule has 0 aliphatic carbocycles. The first-order valence-electron chi connectivity index (χ1n) is 7.84. The van der Waals surface area contributed by atoms with E-state index in [2.05, 4.69) is 24.3 Å². The minimum absolute atomic E-state index is 0.0972. The first-order chi connectivity index (χ1) is 11.1. The number of carbonyl (C=O) groups excluding carboxylic acids is 1. The van der Waals surface area contributed by atoms with Crippen molar-refractivity contribution in [3.63, 3.8) is 0 Å². The number of nitrogens with one attached hydrogen (secondary N) is 1. The first-order valence-corrected chi connectivity index (χ1v) is 7.84. The quantitative estimate of drug-likeness (QED) is 0.921. The zero-order valence-corrected chi connectivity index (χ0v) is 13.6. The van der Waals surface area contributed by atoms with Gasteiger partial charge in [0.25, 0.3) is 5.91 Å². The fourth-order valence-corrected chi connectivity index (χ4v) is 2.42. The Morgan fingerprint density at radius 3 is 2.83 bits per heavy atom. The molecule has 1 aliphatic rings. The summed E-state index contributed by atoms with van der Waals surface area (Å²) in [5.41, 5.74) is 2.22. The van der Waals surface area contributed by atoms with Crippen LogP contribution in [0.25, 0.3) is 11.3 Å². The second-order valence-corrected chi connectivity index (χ2v) is 5.90. The Labute approximate surface area is 135 Å². The number of hydrogen-bond acceptors (Lipinski definition) is 4. The van der Waals surface area contributed by atoms with Gasteiger partial charge in [0.1, 0.15) is 5.69 Å². The molecule has 1 N–H and O–H groups in total. The Hall–Kier alpha value is -2.50. The van der Waals surface area contributed by atoms with Gasteiger partial charge in [0.05, 0.1) is 5.69 Å². The molecule has 1 aliphatic heterocycles. The molecule has 0 atom stereocenters. The fraction of sp³-hybridized carbons (Fsp3) is 0.412. The Morgan fingerprint density at radius 2 is 2.09 bits per heavy atom. The molecular weight excluding hydrogens is 294 g/mol. The van der Waals surface area contributed by atoms with Gasteiger partial charge in [-0.2, -0.15) is 5.10 Å². The number of ether oxygens (including phenoxy) is 2. The van der Waals surface area contributed by atoms with E-state index in [9.17, 15) is 4.79 Å². The number of aromatic nitrogens is 2. The highest BCUT2D eigenvalue weighted by Crippen LogP contribution is 2.35. The normalized spacial score (nSPS) is 12.7. The van der Waals surface area contributed by atoms with Crippen LogP contribution in [0.3, 0.4) is 0 Å². The molecule has 3 rings (SSSR count). The summed E-state index contributed by atoms with van der Waals surface area (Å²) in [4.78, 5) is 12.3. The van der Waals surface area contributed by atoms with Crippen molar-refractivity contribution in [1.29, 1.82) is 0 Å². The van der Waals surface area contributed by atoms with Crippen LogP contribution < -0.4 is 14.8 Å². The largest absolute Gasteiger partial charge is 0.454 e. The standard InChI is InChI=1S/C17H21N3O3/c1-4-20-14(17(21)18-9-11(2)3)8-13(19-20)12-5-6-15-16(7-12)23-10-22-15/h5-8,11H,4,9-10H2,1-3H3,(H,18,21). The molecule has 122 valence electrons. The van der Waals surface area contributed by atoms with Crippen molar-refractivity contribution in [2.24, 2.45) is 5.92 Å². The minimum Gasteiger partial charge on any atom is -0.454 e. The Balaban J connectivity index is 1.88. The highest BCUT2D eigenvalue weighted by molar-refractivity contribution is 5.93. The van der Waals surface area contributed by atoms with Crippen LogP contribution in [-0.4, -0.2) is 29.0 Å². The molecule has 6 heteroatoms. The monoisotopic (exact) mass is 315 g/mol. The third kappa shape index (κ3) is 3.16. The SMILES string of the molecule is CCn1nc(-c2ccc3c(c2)OCO3)cc1C(=O)NCC(C)C. The van der Waals surface area contributed by atoms with E-state index in [4.69, 9.17) is 9.47 Å².